The molecule has 5 heteroatoms. The Morgan fingerprint density at radius 3 is 2.62 bits per heavy atom. The second-order valence-electron chi connectivity index (χ2n) is 2.50. The minimum absolute atomic E-state index is 0.0775. The van der Waals surface area contributed by atoms with Gasteiger partial charge in [-0.05, 0) is 44.0 Å². The molecule has 70 valence electrons. The summed E-state index contributed by atoms with van der Waals surface area (Å²) in [5.41, 5.74) is 6.71. The smallest absolute Gasteiger partial charge is 0.307 e. The fourth-order valence-corrected chi connectivity index (χ4v) is 1.81. The van der Waals surface area contributed by atoms with Gasteiger partial charge in [0.2, 0.25) is 0 Å². The highest BCUT2D eigenvalue weighted by atomic mass is 79.9. The first-order chi connectivity index (χ1) is 6.02. The quantitative estimate of drug-likeness (QED) is 0.825. The van der Waals surface area contributed by atoms with Gasteiger partial charge in [-0.3, -0.25) is 4.79 Å². The van der Waals surface area contributed by atoms with Crippen molar-refractivity contribution in [2.75, 3.05) is 5.73 Å². The van der Waals surface area contributed by atoms with E-state index in [0.717, 1.165) is 4.47 Å². The SMILES string of the molecule is Nc1ccc(Br)c(Br)c1CC(=O)O. The molecule has 1 rings (SSSR count). The van der Waals surface area contributed by atoms with Crippen molar-refractivity contribution in [3.8, 4) is 0 Å². The molecule has 0 spiro atoms. The zero-order valence-electron chi connectivity index (χ0n) is 6.55. The Morgan fingerprint density at radius 1 is 1.46 bits per heavy atom. The molecule has 0 amide bonds. The van der Waals surface area contributed by atoms with E-state index in [1.807, 2.05) is 0 Å². The summed E-state index contributed by atoms with van der Waals surface area (Å²) >= 11 is 6.54. The molecule has 0 saturated carbocycles. The number of carboxylic acids is 1. The summed E-state index contributed by atoms with van der Waals surface area (Å²) in [6.45, 7) is 0. The first-order valence-corrected chi connectivity index (χ1v) is 5.05. The molecule has 0 bridgehead atoms. The van der Waals surface area contributed by atoms with Gasteiger partial charge in [0.1, 0.15) is 0 Å². The Hall–Kier alpha value is -0.550. The van der Waals surface area contributed by atoms with Crippen LogP contribution in [0.3, 0.4) is 0 Å². The molecule has 1 aromatic carbocycles. The van der Waals surface area contributed by atoms with Crippen LogP contribution >= 0.6 is 31.9 Å². The Morgan fingerprint density at radius 2 is 2.08 bits per heavy atom. The molecule has 0 aromatic heterocycles. The van der Waals surface area contributed by atoms with Crippen molar-refractivity contribution in [1.29, 1.82) is 0 Å². The molecule has 0 atom stereocenters. The average Bonchev–Trinajstić information content (AvgIpc) is 2.05. The van der Waals surface area contributed by atoms with Crippen molar-refractivity contribution < 1.29 is 9.90 Å². The van der Waals surface area contributed by atoms with Crippen LogP contribution in [0, 0.1) is 0 Å². The van der Waals surface area contributed by atoms with E-state index in [9.17, 15) is 4.79 Å². The largest absolute Gasteiger partial charge is 0.481 e. The third-order valence-electron chi connectivity index (χ3n) is 1.56. The molecule has 3 N–H and O–H groups in total. The van der Waals surface area contributed by atoms with Crippen molar-refractivity contribution in [3.05, 3.63) is 26.6 Å². The lowest BCUT2D eigenvalue weighted by Crippen LogP contribution is -2.04. The third kappa shape index (κ3) is 2.45. The number of anilines is 1. The van der Waals surface area contributed by atoms with E-state index < -0.39 is 5.97 Å². The molecule has 0 fully saturated rings. The maximum atomic E-state index is 10.5. The third-order valence-corrected chi connectivity index (χ3v) is 3.66. The number of aliphatic carboxylic acids is 1. The van der Waals surface area contributed by atoms with Crippen LogP contribution in [0.2, 0.25) is 0 Å². The second-order valence-corrected chi connectivity index (χ2v) is 4.15. The zero-order valence-corrected chi connectivity index (χ0v) is 9.72. The van der Waals surface area contributed by atoms with Gasteiger partial charge in [-0.25, -0.2) is 0 Å². The molecule has 3 nitrogen and oxygen atoms in total. The van der Waals surface area contributed by atoms with E-state index >= 15 is 0 Å². The molecule has 0 radical (unpaired) electrons. The Kier molecular flexibility index (Phi) is 3.33. The van der Waals surface area contributed by atoms with Crippen molar-refractivity contribution in [2.45, 2.75) is 6.42 Å². The predicted octanol–water partition coefficient (Wildman–Crippen LogP) is 2.42. The van der Waals surface area contributed by atoms with Gasteiger partial charge in [-0.1, -0.05) is 0 Å². The maximum absolute atomic E-state index is 10.5. The second kappa shape index (κ2) is 4.11. The van der Waals surface area contributed by atoms with Crippen LogP contribution in [0.25, 0.3) is 0 Å². The van der Waals surface area contributed by atoms with Gasteiger partial charge in [0.05, 0.1) is 6.42 Å². The van der Waals surface area contributed by atoms with Crippen LogP contribution in [-0.2, 0) is 11.2 Å². The Balaban J connectivity index is 3.17. The Labute approximate surface area is 92.2 Å². The summed E-state index contributed by atoms with van der Waals surface area (Å²) in [6, 6.07) is 3.44. The summed E-state index contributed by atoms with van der Waals surface area (Å²) in [6.07, 6.45) is -0.0775. The lowest BCUT2D eigenvalue weighted by atomic mass is 10.1. The van der Waals surface area contributed by atoms with E-state index in [1.165, 1.54) is 0 Å². The number of hydrogen-bond donors (Lipinski definition) is 2. The van der Waals surface area contributed by atoms with E-state index in [2.05, 4.69) is 31.9 Å². The number of halogens is 2. The van der Waals surface area contributed by atoms with Crippen LogP contribution in [0.4, 0.5) is 5.69 Å². The van der Waals surface area contributed by atoms with E-state index in [1.54, 1.807) is 12.1 Å². The van der Waals surface area contributed by atoms with Gasteiger partial charge in [-0.15, -0.1) is 0 Å². The van der Waals surface area contributed by atoms with Crippen LogP contribution in [0.15, 0.2) is 21.1 Å². The minimum Gasteiger partial charge on any atom is -0.481 e. The molecule has 0 aliphatic carbocycles. The van der Waals surface area contributed by atoms with Gasteiger partial charge in [-0.2, -0.15) is 0 Å². The lowest BCUT2D eigenvalue weighted by Gasteiger charge is -2.06. The monoisotopic (exact) mass is 307 g/mol. The summed E-state index contributed by atoms with van der Waals surface area (Å²) in [7, 11) is 0. The standard InChI is InChI=1S/C8H7Br2NO2/c9-5-1-2-6(11)4(8(5)10)3-7(12)13/h1-2H,3,11H2,(H,12,13). The predicted molar refractivity (Wildman–Crippen MR) is 57.6 cm³/mol. The summed E-state index contributed by atoms with van der Waals surface area (Å²) in [4.78, 5) is 10.5. The van der Waals surface area contributed by atoms with Gasteiger partial charge >= 0.3 is 5.97 Å². The molecule has 0 unspecified atom stereocenters. The van der Waals surface area contributed by atoms with Crippen LogP contribution in [0.1, 0.15) is 5.56 Å². The van der Waals surface area contributed by atoms with Crippen molar-refractivity contribution in [2.24, 2.45) is 0 Å². The molecule has 0 aliphatic rings. The Bertz CT molecular complexity index is 352. The maximum Gasteiger partial charge on any atom is 0.307 e. The highest BCUT2D eigenvalue weighted by Gasteiger charge is 2.11. The van der Waals surface area contributed by atoms with Crippen LogP contribution in [0.5, 0.6) is 0 Å². The van der Waals surface area contributed by atoms with E-state index in [-0.39, 0.29) is 6.42 Å². The van der Waals surface area contributed by atoms with Crippen molar-refractivity contribution in [1.82, 2.24) is 0 Å². The number of benzene rings is 1. The summed E-state index contributed by atoms with van der Waals surface area (Å²) < 4.78 is 1.51. The molecule has 1 aromatic rings. The molecule has 0 heterocycles. The number of rotatable bonds is 2. The van der Waals surface area contributed by atoms with Gasteiger partial charge < -0.3 is 10.8 Å². The van der Waals surface area contributed by atoms with Crippen molar-refractivity contribution in [3.63, 3.8) is 0 Å². The number of hydrogen-bond acceptors (Lipinski definition) is 2. The zero-order chi connectivity index (χ0) is 10.0. The van der Waals surface area contributed by atoms with Crippen molar-refractivity contribution >= 4 is 43.5 Å². The minimum atomic E-state index is -0.898. The van der Waals surface area contributed by atoms with Gasteiger partial charge in [0.15, 0.2) is 0 Å². The number of carboxylic acid groups (broad SMARTS) is 1. The normalized spacial score (nSPS) is 10.0. The van der Waals surface area contributed by atoms with E-state index in [0.29, 0.717) is 15.7 Å². The first kappa shape index (κ1) is 10.5. The van der Waals surface area contributed by atoms with Gasteiger partial charge in [0, 0.05) is 20.2 Å². The van der Waals surface area contributed by atoms with E-state index in [4.69, 9.17) is 10.8 Å². The van der Waals surface area contributed by atoms with Crippen LogP contribution < -0.4 is 5.73 Å². The average molecular weight is 309 g/mol. The van der Waals surface area contributed by atoms with Gasteiger partial charge in [0.25, 0.3) is 0 Å². The first-order valence-electron chi connectivity index (χ1n) is 3.46. The fourth-order valence-electron chi connectivity index (χ4n) is 0.938. The molecule has 0 saturated heterocycles. The lowest BCUT2D eigenvalue weighted by molar-refractivity contribution is -0.136. The summed E-state index contributed by atoms with van der Waals surface area (Å²) in [5.74, 6) is -0.898. The topological polar surface area (TPSA) is 63.3 Å². The molecular weight excluding hydrogens is 302 g/mol. The molecule has 13 heavy (non-hydrogen) atoms. The highest BCUT2D eigenvalue weighted by molar-refractivity contribution is 9.13. The summed E-state index contributed by atoms with van der Waals surface area (Å²) in [5, 5.41) is 8.61. The number of carbonyl (C=O) groups is 1. The number of nitrogens with two attached hydrogens (primary N) is 1. The highest BCUT2D eigenvalue weighted by Crippen LogP contribution is 2.31. The number of nitrogen functional groups attached to an aromatic ring is 1. The molecular formula is C8H7Br2NO2. The molecule has 0 aliphatic heterocycles. The fraction of sp³-hybridized carbons (Fsp3) is 0.125. The van der Waals surface area contributed by atoms with Crippen LogP contribution in [-0.4, -0.2) is 11.1 Å².